The lowest BCUT2D eigenvalue weighted by Gasteiger charge is -2.07. The number of amides is 2. The number of thioether (sulfide) groups is 1. The van der Waals surface area contributed by atoms with Crippen molar-refractivity contribution in [1.29, 1.82) is 0 Å². The zero-order valence-corrected chi connectivity index (χ0v) is 17.3. The fourth-order valence-corrected chi connectivity index (χ4v) is 4.48. The largest absolute Gasteiger partial charge is 0.342 e. The van der Waals surface area contributed by atoms with Crippen LogP contribution < -0.4 is 0 Å². The SMILES string of the molecule is CCN1C(=O)S/C(=C/c2cn(Cc3ccc(Cl)c(Cl)c3)c3ccccc23)C1=O. The highest BCUT2D eigenvalue weighted by molar-refractivity contribution is 8.18. The van der Waals surface area contributed by atoms with Crippen molar-refractivity contribution in [3.8, 4) is 0 Å². The lowest BCUT2D eigenvalue weighted by atomic mass is 10.1. The van der Waals surface area contributed by atoms with E-state index < -0.39 is 0 Å². The fraction of sp³-hybridized carbons (Fsp3) is 0.143. The van der Waals surface area contributed by atoms with Crippen LogP contribution in [0.5, 0.6) is 0 Å². The maximum atomic E-state index is 12.4. The molecular formula is C21H16Cl2N2O2S. The number of fused-ring (bicyclic) bond motifs is 1. The van der Waals surface area contributed by atoms with Crippen molar-refractivity contribution in [2.45, 2.75) is 13.5 Å². The molecule has 0 bridgehead atoms. The molecular weight excluding hydrogens is 415 g/mol. The smallest absolute Gasteiger partial charge is 0.293 e. The van der Waals surface area contributed by atoms with Gasteiger partial charge in [-0.25, -0.2) is 0 Å². The number of hydrogen-bond acceptors (Lipinski definition) is 3. The van der Waals surface area contributed by atoms with Gasteiger partial charge in [-0.2, -0.15) is 0 Å². The minimum Gasteiger partial charge on any atom is -0.342 e. The second-order valence-corrected chi connectivity index (χ2v) is 8.21. The summed E-state index contributed by atoms with van der Waals surface area (Å²) in [7, 11) is 0. The molecule has 142 valence electrons. The van der Waals surface area contributed by atoms with Crippen molar-refractivity contribution >= 4 is 63.1 Å². The van der Waals surface area contributed by atoms with Crippen LogP contribution >= 0.6 is 35.0 Å². The molecule has 1 aliphatic heterocycles. The zero-order valence-electron chi connectivity index (χ0n) is 15.0. The van der Waals surface area contributed by atoms with Crippen LogP contribution in [0.2, 0.25) is 10.0 Å². The number of carbonyl (C=O) groups is 2. The summed E-state index contributed by atoms with van der Waals surface area (Å²) in [4.78, 5) is 26.1. The minimum absolute atomic E-state index is 0.224. The van der Waals surface area contributed by atoms with Gasteiger partial charge in [-0.3, -0.25) is 14.5 Å². The highest BCUT2D eigenvalue weighted by Crippen LogP contribution is 2.34. The maximum absolute atomic E-state index is 12.4. The quantitative estimate of drug-likeness (QED) is 0.472. The first kappa shape index (κ1) is 19.1. The van der Waals surface area contributed by atoms with Crippen molar-refractivity contribution in [2.75, 3.05) is 6.54 Å². The summed E-state index contributed by atoms with van der Waals surface area (Å²) in [5.41, 5.74) is 2.96. The Morgan fingerprint density at radius 1 is 1.07 bits per heavy atom. The summed E-state index contributed by atoms with van der Waals surface area (Å²) >= 11 is 13.1. The standard InChI is InChI=1S/C21H16Cl2N2O2S/c1-2-25-20(26)19(28-21(25)27)10-14-12-24(18-6-4-3-5-15(14)18)11-13-7-8-16(22)17(23)9-13/h3-10,12H,2,11H2,1H3/b19-10+. The Labute approximate surface area is 176 Å². The number of imide groups is 1. The van der Waals surface area contributed by atoms with Crippen LogP contribution in [-0.2, 0) is 11.3 Å². The molecule has 1 aromatic heterocycles. The third kappa shape index (κ3) is 3.46. The van der Waals surface area contributed by atoms with Crippen LogP contribution in [0.4, 0.5) is 4.79 Å². The Balaban J connectivity index is 1.75. The second kappa shape index (κ2) is 7.66. The topological polar surface area (TPSA) is 42.3 Å². The van der Waals surface area contributed by atoms with Gasteiger partial charge in [-0.05, 0) is 48.5 Å². The van der Waals surface area contributed by atoms with E-state index in [9.17, 15) is 9.59 Å². The van der Waals surface area contributed by atoms with Gasteiger partial charge in [-0.1, -0.05) is 47.5 Å². The molecule has 1 saturated heterocycles. The summed E-state index contributed by atoms with van der Waals surface area (Å²) in [6.45, 7) is 2.78. The Bertz CT molecular complexity index is 1140. The third-order valence-corrected chi connectivity index (χ3v) is 6.28. The zero-order chi connectivity index (χ0) is 19.8. The Kier molecular flexibility index (Phi) is 5.23. The van der Waals surface area contributed by atoms with Crippen molar-refractivity contribution in [2.24, 2.45) is 0 Å². The van der Waals surface area contributed by atoms with Crippen molar-refractivity contribution in [3.05, 3.63) is 74.7 Å². The number of hydrogen-bond donors (Lipinski definition) is 0. The van der Waals surface area contributed by atoms with Crippen molar-refractivity contribution < 1.29 is 9.59 Å². The van der Waals surface area contributed by atoms with E-state index in [1.807, 2.05) is 42.6 Å². The van der Waals surface area contributed by atoms with Crippen LogP contribution in [0.1, 0.15) is 18.1 Å². The number of rotatable bonds is 4. The minimum atomic E-state index is -0.237. The first-order valence-electron chi connectivity index (χ1n) is 8.75. The van der Waals surface area contributed by atoms with E-state index in [1.165, 1.54) is 4.90 Å². The van der Waals surface area contributed by atoms with E-state index in [2.05, 4.69) is 4.57 Å². The van der Waals surface area contributed by atoms with Gasteiger partial charge in [0.25, 0.3) is 11.1 Å². The normalized spacial score (nSPS) is 16.0. The van der Waals surface area contributed by atoms with E-state index in [0.717, 1.165) is 33.8 Å². The molecule has 1 aliphatic rings. The van der Waals surface area contributed by atoms with Gasteiger partial charge < -0.3 is 4.57 Å². The highest BCUT2D eigenvalue weighted by Gasteiger charge is 2.33. The molecule has 7 heteroatoms. The molecule has 0 unspecified atom stereocenters. The average molecular weight is 431 g/mol. The summed E-state index contributed by atoms with van der Waals surface area (Å²) in [5, 5.41) is 1.84. The lowest BCUT2D eigenvalue weighted by molar-refractivity contribution is -0.122. The van der Waals surface area contributed by atoms with Gasteiger partial charge in [0.05, 0.1) is 15.0 Å². The number of para-hydroxylation sites is 1. The van der Waals surface area contributed by atoms with E-state index in [4.69, 9.17) is 23.2 Å². The van der Waals surface area contributed by atoms with Crippen molar-refractivity contribution in [3.63, 3.8) is 0 Å². The van der Waals surface area contributed by atoms with E-state index in [-0.39, 0.29) is 11.1 Å². The van der Waals surface area contributed by atoms with Gasteiger partial charge in [0.1, 0.15) is 0 Å². The molecule has 0 atom stereocenters. The van der Waals surface area contributed by atoms with Crippen LogP contribution in [0.15, 0.2) is 53.6 Å². The first-order chi connectivity index (χ1) is 13.5. The molecule has 2 aromatic carbocycles. The molecule has 4 nitrogen and oxygen atoms in total. The Morgan fingerprint density at radius 3 is 2.57 bits per heavy atom. The summed E-state index contributed by atoms with van der Waals surface area (Å²) in [6.07, 6.45) is 3.79. The summed E-state index contributed by atoms with van der Waals surface area (Å²) < 4.78 is 2.10. The Morgan fingerprint density at radius 2 is 1.86 bits per heavy atom. The van der Waals surface area contributed by atoms with Gasteiger partial charge in [0, 0.05) is 35.8 Å². The van der Waals surface area contributed by atoms with E-state index in [1.54, 1.807) is 19.1 Å². The molecule has 4 rings (SSSR count). The average Bonchev–Trinajstić information content (AvgIpc) is 3.15. The Hall–Kier alpha value is -2.21. The molecule has 0 N–H and O–H groups in total. The summed E-state index contributed by atoms with van der Waals surface area (Å²) in [5.74, 6) is -0.237. The molecule has 1 fully saturated rings. The number of halogens is 2. The van der Waals surface area contributed by atoms with Gasteiger partial charge in [-0.15, -0.1) is 0 Å². The van der Waals surface area contributed by atoms with Crippen LogP contribution in [-0.4, -0.2) is 27.2 Å². The van der Waals surface area contributed by atoms with Gasteiger partial charge in [0.2, 0.25) is 0 Å². The maximum Gasteiger partial charge on any atom is 0.293 e. The van der Waals surface area contributed by atoms with E-state index >= 15 is 0 Å². The molecule has 0 saturated carbocycles. The van der Waals surface area contributed by atoms with E-state index in [0.29, 0.717) is 28.0 Å². The predicted molar refractivity (Wildman–Crippen MR) is 116 cm³/mol. The number of aromatic nitrogens is 1. The molecule has 0 aliphatic carbocycles. The predicted octanol–water partition coefficient (Wildman–Crippen LogP) is 6.05. The van der Waals surface area contributed by atoms with Crippen molar-refractivity contribution in [1.82, 2.24) is 9.47 Å². The molecule has 3 aromatic rings. The lowest BCUT2D eigenvalue weighted by Crippen LogP contribution is -2.27. The molecule has 0 radical (unpaired) electrons. The number of likely N-dealkylation sites (N-methyl/N-ethyl adjacent to an activating group) is 1. The third-order valence-electron chi connectivity index (χ3n) is 4.63. The van der Waals surface area contributed by atoms with Crippen LogP contribution in [0.25, 0.3) is 17.0 Å². The molecule has 0 spiro atoms. The number of benzene rings is 2. The summed E-state index contributed by atoms with van der Waals surface area (Å²) in [6, 6.07) is 13.6. The second-order valence-electron chi connectivity index (χ2n) is 6.40. The van der Waals surface area contributed by atoms with Crippen LogP contribution in [0.3, 0.4) is 0 Å². The number of carbonyl (C=O) groups excluding carboxylic acids is 2. The van der Waals surface area contributed by atoms with Crippen LogP contribution in [0, 0.1) is 0 Å². The number of nitrogens with zero attached hydrogens (tertiary/aromatic N) is 2. The van der Waals surface area contributed by atoms with Gasteiger partial charge in [0.15, 0.2) is 0 Å². The molecule has 28 heavy (non-hydrogen) atoms. The highest BCUT2D eigenvalue weighted by atomic mass is 35.5. The van der Waals surface area contributed by atoms with Gasteiger partial charge >= 0.3 is 0 Å². The molecule has 2 heterocycles. The molecule has 2 amide bonds. The monoisotopic (exact) mass is 430 g/mol. The fourth-order valence-electron chi connectivity index (χ4n) is 3.27. The first-order valence-corrected chi connectivity index (χ1v) is 10.3.